The van der Waals surface area contributed by atoms with E-state index in [0.29, 0.717) is 0 Å². The number of esters is 1. The average Bonchev–Trinajstić information content (AvgIpc) is 2.44. The van der Waals surface area contributed by atoms with Gasteiger partial charge in [-0.3, -0.25) is 4.79 Å². The highest BCUT2D eigenvalue weighted by Crippen LogP contribution is 2.22. The Balaban J connectivity index is 3.05. The molecule has 22 heavy (non-hydrogen) atoms. The van der Waals surface area contributed by atoms with E-state index in [4.69, 9.17) is 16.3 Å². The van der Waals surface area contributed by atoms with Crippen LogP contribution in [0.3, 0.4) is 0 Å². The van der Waals surface area contributed by atoms with E-state index in [0.717, 1.165) is 10.4 Å². The van der Waals surface area contributed by atoms with Crippen LogP contribution < -0.4 is 0 Å². The van der Waals surface area contributed by atoms with Crippen LogP contribution in [0.5, 0.6) is 0 Å². The van der Waals surface area contributed by atoms with E-state index in [1.54, 1.807) is 13.8 Å². The van der Waals surface area contributed by atoms with Gasteiger partial charge >= 0.3 is 5.97 Å². The predicted molar refractivity (Wildman–Crippen MR) is 82.5 cm³/mol. The van der Waals surface area contributed by atoms with E-state index in [-0.39, 0.29) is 33.8 Å². The smallest absolute Gasteiger partial charge is 0.340 e. The molecule has 0 radical (unpaired) electrons. The van der Waals surface area contributed by atoms with Crippen molar-refractivity contribution in [2.45, 2.75) is 18.7 Å². The minimum Gasteiger partial charge on any atom is -0.454 e. The van der Waals surface area contributed by atoms with Gasteiger partial charge in [0.05, 0.1) is 15.5 Å². The van der Waals surface area contributed by atoms with Crippen LogP contribution in [0.25, 0.3) is 0 Å². The van der Waals surface area contributed by atoms with Gasteiger partial charge in [-0.15, -0.1) is 0 Å². The first-order valence-electron chi connectivity index (χ1n) is 6.49. The Labute approximate surface area is 135 Å². The topological polar surface area (TPSA) is 80.8 Å². The summed E-state index contributed by atoms with van der Waals surface area (Å²) in [6, 6.07) is 3.74. The molecular weight excluding hydrogens is 330 g/mol. The lowest BCUT2D eigenvalue weighted by atomic mass is 10.1. The Kier molecular flexibility index (Phi) is 6.10. The third-order valence-electron chi connectivity index (χ3n) is 2.93. The molecule has 0 aliphatic heterocycles. The van der Waals surface area contributed by atoms with Gasteiger partial charge in [0, 0.05) is 20.0 Å². The molecule has 0 aliphatic rings. The minimum atomic E-state index is -3.69. The third-order valence-corrected chi connectivity index (χ3v) is 5.07. The van der Waals surface area contributed by atoms with E-state index in [2.05, 4.69) is 0 Å². The second kappa shape index (κ2) is 7.21. The molecular formula is C14H18ClNO5S. The maximum atomic E-state index is 12.1. The second-order valence-electron chi connectivity index (χ2n) is 5.13. The van der Waals surface area contributed by atoms with Crippen LogP contribution in [0.1, 0.15) is 24.2 Å². The lowest BCUT2D eigenvalue weighted by Crippen LogP contribution is -2.23. The summed E-state index contributed by atoms with van der Waals surface area (Å²) in [7, 11) is -0.938. The first-order chi connectivity index (χ1) is 10.1. The monoisotopic (exact) mass is 347 g/mol. The van der Waals surface area contributed by atoms with Crippen LogP contribution in [-0.2, 0) is 19.6 Å². The standard InChI is InChI=1S/C14H18ClNO5S/c1-9(2)13(17)8-21-14(18)11-7-10(5-6-12(11)15)22(19,20)16(3)4/h5-7,9H,8H2,1-4H3. The Morgan fingerprint density at radius 3 is 2.36 bits per heavy atom. The predicted octanol–water partition coefficient (Wildman–Crippen LogP) is 1.97. The lowest BCUT2D eigenvalue weighted by Gasteiger charge is -2.13. The van der Waals surface area contributed by atoms with E-state index < -0.39 is 16.0 Å². The molecule has 0 aromatic heterocycles. The highest BCUT2D eigenvalue weighted by atomic mass is 35.5. The van der Waals surface area contributed by atoms with Gasteiger partial charge in [0.15, 0.2) is 12.4 Å². The van der Waals surface area contributed by atoms with Gasteiger partial charge in [-0.1, -0.05) is 25.4 Å². The SMILES string of the molecule is CC(C)C(=O)COC(=O)c1cc(S(=O)(=O)N(C)C)ccc1Cl. The van der Waals surface area contributed by atoms with Crippen molar-refractivity contribution in [1.29, 1.82) is 0 Å². The van der Waals surface area contributed by atoms with E-state index in [9.17, 15) is 18.0 Å². The van der Waals surface area contributed by atoms with Crippen molar-refractivity contribution in [3.8, 4) is 0 Å². The maximum Gasteiger partial charge on any atom is 0.340 e. The zero-order valence-electron chi connectivity index (χ0n) is 12.8. The number of hydrogen-bond acceptors (Lipinski definition) is 5. The highest BCUT2D eigenvalue weighted by molar-refractivity contribution is 7.89. The van der Waals surface area contributed by atoms with E-state index in [1.807, 2.05) is 0 Å². The number of nitrogens with zero attached hydrogens (tertiary/aromatic N) is 1. The van der Waals surface area contributed by atoms with Crippen LogP contribution >= 0.6 is 11.6 Å². The van der Waals surface area contributed by atoms with Gasteiger partial charge in [-0.25, -0.2) is 17.5 Å². The van der Waals surface area contributed by atoms with Crippen molar-refractivity contribution in [3.05, 3.63) is 28.8 Å². The maximum absolute atomic E-state index is 12.1. The minimum absolute atomic E-state index is 0.0553. The summed E-state index contributed by atoms with van der Waals surface area (Å²) in [6.07, 6.45) is 0. The highest BCUT2D eigenvalue weighted by Gasteiger charge is 2.22. The fourth-order valence-electron chi connectivity index (χ4n) is 1.41. The number of carbonyl (C=O) groups is 2. The molecule has 0 atom stereocenters. The Morgan fingerprint density at radius 2 is 1.86 bits per heavy atom. The van der Waals surface area contributed by atoms with Crippen molar-refractivity contribution in [2.75, 3.05) is 20.7 Å². The number of ketones is 1. The summed E-state index contributed by atoms with van der Waals surface area (Å²) in [6.45, 7) is 3.00. The zero-order valence-corrected chi connectivity index (χ0v) is 14.4. The number of halogens is 1. The van der Waals surface area contributed by atoms with Gasteiger partial charge in [0.1, 0.15) is 0 Å². The van der Waals surface area contributed by atoms with Crippen molar-refractivity contribution in [2.24, 2.45) is 5.92 Å². The molecule has 0 amide bonds. The summed E-state index contributed by atoms with van der Waals surface area (Å²) in [5, 5.41) is 0.0553. The summed E-state index contributed by atoms with van der Waals surface area (Å²) in [5.74, 6) is -1.33. The Hall–Kier alpha value is -1.44. The molecule has 0 fully saturated rings. The number of rotatable bonds is 6. The van der Waals surface area contributed by atoms with Gasteiger partial charge < -0.3 is 4.74 Å². The molecule has 0 heterocycles. The fraction of sp³-hybridized carbons (Fsp3) is 0.429. The fourth-order valence-corrected chi connectivity index (χ4v) is 2.54. The molecule has 0 saturated heterocycles. The molecule has 8 heteroatoms. The molecule has 1 aromatic rings. The zero-order chi connectivity index (χ0) is 17.1. The molecule has 0 unspecified atom stereocenters. The van der Waals surface area contributed by atoms with Crippen molar-refractivity contribution in [1.82, 2.24) is 4.31 Å². The van der Waals surface area contributed by atoms with Crippen molar-refractivity contribution < 1.29 is 22.7 Å². The molecule has 1 aromatic carbocycles. The van der Waals surface area contributed by atoms with Crippen molar-refractivity contribution in [3.63, 3.8) is 0 Å². The van der Waals surface area contributed by atoms with E-state index >= 15 is 0 Å². The first kappa shape index (κ1) is 18.6. The van der Waals surface area contributed by atoms with Crippen molar-refractivity contribution >= 4 is 33.4 Å². The molecule has 0 N–H and O–H groups in total. The van der Waals surface area contributed by atoms with Gasteiger partial charge in [0.25, 0.3) is 0 Å². The molecule has 0 spiro atoms. The van der Waals surface area contributed by atoms with Crippen LogP contribution in [0.2, 0.25) is 5.02 Å². The summed E-state index contributed by atoms with van der Waals surface area (Å²) < 4.78 is 30.0. The number of hydrogen-bond donors (Lipinski definition) is 0. The lowest BCUT2D eigenvalue weighted by molar-refractivity contribution is -0.125. The number of sulfonamides is 1. The largest absolute Gasteiger partial charge is 0.454 e. The molecule has 0 saturated carbocycles. The summed E-state index contributed by atoms with van der Waals surface area (Å²) >= 11 is 5.90. The van der Waals surface area contributed by atoms with Crippen LogP contribution in [-0.4, -0.2) is 45.2 Å². The summed E-state index contributed by atoms with van der Waals surface area (Å²) in [4.78, 5) is 23.4. The normalized spacial score (nSPS) is 11.8. The Bertz CT molecular complexity index is 682. The van der Waals surface area contributed by atoms with Crippen LogP contribution in [0, 0.1) is 5.92 Å². The number of ether oxygens (including phenoxy) is 1. The molecule has 6 nitrogen and oxygen atoms in total. The third kappa shape index (κ3) is 4.28. The van der Waals surface area contributed by atoms with Crippen LogP contribution in [0.4, 0.5) is 0 Å². The van der Waals surface area contributed by atoms with Gasteiger partial charge in [-0.05, 0) is 18.2 Å². The van der Waals surface area contributed by atoms with Gasteiger partial charge in [0.2, 0.25) is 10.0 Å². The molecule has 0 bridgehead atoms. The van der Waals surface area contributed by atoms with Gasteiger partial charge in [-0.2, -0.15) is 0 Å². The van der Waals surface area contributed by atoms with Crippen LogP contribution in [0.15, 0.2) is 23.1 Å². The number of Topliss-reactive ketones (excluding diaryl/α,β-unsaturated/α-hetero) is 1. The molecule has 122 valence electrons. The Morgan fingerprint density at radius 1 is 1.27 bits per heavy atom. The number of carbonyl (C=O) groups excluding carboxylic acids is 2. The number of benzene rings is 1. The second-order valence-corrected chi connectivity index (χ2v) is 7.69. The summed E-state index contributed by atoms with van der Waals surface area (Å²) in [5.41, 5.74) is -0.0962. The molecule has 1 rings (SSSR count). The first-order valence-corrected chi connectivity index (χ1v) is 8.31. The molecule has 0 aliphatic carbocycles. The quantitative estimate of drug-likeness (QED) is 0.735. The van der Waals surface area contributed by atoms with E-state index in [1.165, 1.54) is 26.2 Å². The average molecular weight is 348 g/mol.